The Morgan fingerprint density at radius 1 is 1.25 bits per heavy atom. The van der Waals surface area contributed by atoms with Gasteiger partial charge in [-0.1, -0.05) is 0 Å². The van der Waals surface area contributed by atoms with E-state index in [4.69, 9.17) is 4.42 Å². The van der Waals surface area contributed by atoms with E-state index in [9.17, 15) is 9.59 Å². The van der Waals surface area contributed by atoms with Crippen molar-refractivity contribution >= 4 is 23.2 Å². The number of ether oxygens (including phenoxy) is 1. The second-order valence-corrected chi connectivity index (χ2v) is 5.41. The molecule has 0 N–H and O–H groups in total. The minimum Gasteiger partial charge on any atom is -0.465 e. The predicted octanol–water partition coefficient (Wildman–Crippen LogP) is 2.71. The molecule has 20 heavy (non-hydrogen) atoms. The molecule has 0 radical (unpaired) electrons. The monoisotopic (exact) mass is 293 g/mol. The molecule has 0 atom stereocenters. The minimum atomic E-state index is -0.432. The number of carbonyl (C=O) groups excluding carboxylic acids is 2. The molecule has 2 rings (SSSR count). The van der Waals surface area contributed by atoms with Crippen LogP contribution < -0.4 is 0 Å². The van der Waals surface area contributed by atoms with Gasteiger partial charge in [0, 0.05) is 7.05 Å². The summed E-state index contributed by atoms with van der Waals surface area (Å²) in [6.45, 7) is 2.24. The van der Waals surface area contributed by atoms with Gasteiger partial charge in [-0.15, -0.1) is 11.3 Å². The minimum absolute atomic E-state index is 0.154. The fourth-order valence-corrected chi connectivity index (χ4v) is 2.65. The number of esters is 1. The molecule has 2 aromatic heterocycles. The number of rotatable bonds is 4. The van der Waals surface area contributed by atoms with Crippen LogP contribution >= 0.6 is 11.3 Å². The fourth-order valence-electron chi connectivity index (χ4n) is 1.73. The summed E-state index contributed by atoms with van der Waals surface area (Å²) in [7, 11) is 3.01. The third kappa shape index (κ3) is 3.08. The van der Waals surface area contributed by atoms with Crippen LogP contribution in [0.1, 0.15) is 30.9 Å². The molecule has 0 saturated carbocycles. The molecular weight excluding hydrogens is 278 g/mol. The van der Waals surface area contributed by atoms with Crippen LogP contribution in [-0.4, -0.2) is 30.9 Å². The van der Waals surface area contributed by atoms with Crippen molar-refractivity contribution in [2.24, 2.45) is 0 Å². The fraction of sp³-hybridized carbons (Fsp3) is 0.286. The van der Waals surface area contributed by atoms with E-state index in [2.05, 4.69) is 4.74 Å². The summed E-state index contributed by atoms with van der Waals surface area (Å²) in [5.41, 5.74) is 0. The summed E-state index contributed by atoms with van der Waals surface area (Å²) in [5, 5.41) is 0. The first-order chi connectivity index (χ1) is 9.51. The number of nitrogens with zero attached hydrogens (tertiary/aromatic N) is 1. The Morgan fingerprint density at radius 2 is 1.95 bits per heavy atom. The highest BCUT2D eigenvalue weighted by Gasteiger charge is 2.18. The van der Waals surface area contributed by atoms with Crippen LogP contribution in [-0.2, 0) is 11.3 Å². The third-order valence-electron chi connectivity index (χ3n) is 2.74. The van der Waals surface area contributed by atoms with E-state index >= 15 is 0 Å². The zero-order valence-electron chi connectivity index (χ0n) is 11.5. The van der Waals surface area contributed by atoms with Crippen LogP contribution in [0.3, 0.4) is 0 Å². The van der Waals surface area contributed by atoms with Crippen molar-refractivity contribution in [3.05, 3.63) is 45.5 Å². The van der Waals surface area contributed by atoms with E-state index in [0.29, 0.717) is 16.3 Å². The van der Waals surface area contributed by atoms with Gasteiger partial charge in [0.1, 0.15) is 16.4 Å². The number of hydrogen-bond donors (Lipinski definition) is 0. The lowest BCUT2D eigenvalue weighted by Gasteiger charge is -2.14. The standard InChI is InChI=1S/C14H15NO4S/c1-9-4-5-10(19-9)8-15(2)13(16)11-6-7-12(20-11)14(17)18-3/h4-7H,8H2,1-3H3. The van der Waals surface area contributed by atoms with Crippen molar-refractivity contribution in [1.29, 1.82) is 0 Å². The zero-order chi connectivity index (χ0) is 14.7. The summed E-state index contributed by atoms with van der Waals surface area (Å²) in [6, 6.07) is 6.92. The van der Waals surface area contributed by atoms with Crippen molar-refractivity contribution in [2.45, 2.75) is 13.5 Å². The number of furan rings is 1. The highest BCUT2D eigenvalue weighted by molar-refractivity contribution is 7.15. The Kier molecular flexibility index (Phi) is 4.24. The highest BCUT2D eigenvalue weighted by atomic mass is 32.1. The van der Waals surface area contributed by atoms with Gasteiger partial charge in [-0.2, -0.15) is 0 Å². The van der Waals surface area contributed by atoms with Gasteiger partial charge in [0.25, 0.3) is 5.91 Å². The lowest BCUT2D eigenvalue weighted by atomic mass is 10.3. The number of thiophene rings is 1. The molecule has 1 amide bonds. The van der Waals surface area contributed by atoms with Crippen LogP contribution in [0.15, 0.2) is 28.7 Å². The molecule has 0 aromatic carbocycles. The average molecular weight is 293 g/mol. The SMILES string of the molecule is COC(=O)c1ccc(C(=O)N(C)Cc2ccc(C)o2)s1. The van der Waals surface area contributed by atoms with Crippen LogP contribution in [0, 0.1) is 6.92 Å². The molecule has 0 fully saturated rings. The van der Waals surface area contributed by atoms with E-state index in [-0.39, 0.29) is 5.91 Å². The summed E-state index contributed by atoms with van der Waals surface area (Å²) in [6.07, 6.45) is 0. The van der Waals surface area contributed by atoms with Gasteiger partial charge >= 0.3 is 5.97 Å². The Hall–Kier alpha value is -2.08. The van der Waals surface area contributed by atoms with Gasteiger partial charge in [-0.3, -0.25) is 4.79 Å². The van der Waals surface area contributed by atoms with Crippen LogP contribution in [0.2, 0.25) is 0 Å². The molecule has 0 saturated heterocycles. The molecule has 0 aliphatic rings. The average Bonchev–Trinajstić information content (AvgIpc) is 3.06. The molecule has 5 nitrogen and oxygen atoms in total. The maximum atomic E-state index is 12.2. The van der Waals surface area contributed by atoms with Gasteiger partial charge in [0.05, 0.1) is 18.5 Å². The largest absolute Gasteiger partial charge is 0.465 e. The van der Waals surface area contributed by atoms with Gasteiger partial charge in [-0.05, 0) is 31.2 Å². The van der Waals surface area contributed by atoms with Crippen LogP contribution in [0.4, 0.5) is 0 Å². The Labute approximate surface area is 120 Å². The van der Waals surface area contributed by atoms with Gasteiger partial charge in [0.2, 0.25) is 0 Å². The zero-order valence-corrected chi connectivity index (χ0v) is 12.3. The summed E-state index contributed by atoms with van der Waals surface area (Å²) >= 11 is 1.12. The second-order valence-electron chi connectivity index (χ2n) is 4.33. The van der Waals surface area contributed by atoms with Gasteiger partial charge in [0.15, 0.2) is 0 Å². The molecular formula is C14H15NO4S. The normalized spacial score (nSPS) is 10.3. The summed E-state index contributed by atoms with van der Waals surface area (Å²) < 4.78 is 10.1. The number of hydrogen-bond acceptors (Lipinski definition) is 5. The lowest BCUT2D eigenvalue weighted by molar-refractivity contribution is 0.0606. The first-order valence-corrected chi connectivity index (χ1v) is 6.82. The molecule has 2 aromatic rings. The third-order valence-corrected chi connectivity index (χ3v) is 3.79. The molecule has 106 valence electrons. The first kappa shape index (κ1) is 14.3. The van der Waals surface area contributed by atoms with E-state index in [0.717, 1.165) is 22.9 Å². The molecule has 6 heteroatoms. The predicted molar refractivity (Wildman–Crippen MR) is 74.9 cm³/mol. The Bertz CT molecular complexity index is 629. The van der Waals surface area contributed by atoms with Gasteiger partial charge in [-0.25, -0.2) is 4.79 Å². The Balaban J connectivity index is 2.06. The smallest absolute Gasteiger partial charge is 0.348 e. The van der Waals surface area contributed by atoms with Crippen molar-refractivity contribution in [2.75, 3.05) is 14.2 Å². The van der Waals surface area contributed by atoms with Crippen LogP contribution in [0.5, 0.6) is 0 Å². The highest BCUT2D eigenvalue weighted by Crippen LogP contribution is 2.20. The van der Waals surface area contributed by atoms with Crippen molar-refractivity contribution < 1.29 is 18.7 Å². The van der Waals surface area contributed by atoms with E-state index < -0.39 is 5.97 Å². The van der Waals surface area contributed by atoms with E-state index in [1.54, 1.807) is 24.1 Å². The number of amides is 1. The quantitative estimate of drug-likeness (QED) is 0.813. The van der Waals surface area contributed by atoms with E-state index in [1.165, 1.54) is 7.11 Å². The topological polar surface area (TPSA) is 59.8 Å². The summed E-state index contributed by atoms with van der Waals surface area (Å²) in [4.78, 5) is 26.0. The number of methoxy groups -OCH3 is 1. The van der Waals surface area contributed by atoms with Crippen LogP contribution in [0.25, 0.3) is 0 Å². The molecule has 0 unspecified atom stereocenters. The maximum absolute atomic E-state index is 12.2. The molecule has 2 heterocycles. The van der Waals surface area contributed by atoms with E-state index in [1.807, 2.05) is 19.1 Å². The van der Waals surface area contributed by atoms with Crippen molar-refractivity contribution in [3.8, 4) is 0 Å². The first-order valence-electron chi connectivity index (χ1n) is 6.00. The lowest BCUT2D eigenvalue weighted by Crippen LogP contribution is -2.25. The Morgan fingerprint density at radius 3 is 2.55 bits per heavy atom. The molecule has 0 bridgehead atoms. The molecule has 0 aliphatic carbocycles. The molecule has 0 spiro atoms. The van der Waals surface area contributed by atoms with Crippen molar-refractivity contribution in [1.82, 2.24) is 4.90 Å². The molecule has 0 aliphatic heterocycles. The number of aryl methyl sites for hydroxylation is 1. The maximum Gasteiger partial charge on any atom is 0.348 e. The van der Waals surface area contributed by atoms with Crippen molar-refractivity contribution in [3.63, 3.8) is 0 Å². The summed E-state index contributed by atoms with van der Waals surface area (Å²) in [5.74, 6) is 0.950. The number of carbonyl (C=O) groups is 2. The van der Waals surface area contributed by atoms with Gasteiger partial charge < -0.3 is 14.1 Å². The second kappa shape index (κ2) is 5.92.